The molecule has 0 atom stereocenters. The first-order chi connectivity index (χ1) is 9.22. The highest BCUT2D eigenvalue weighted by Gasteiger charge is 2.22. The highest BCUT2D eigenvalue weighted by molar-refractivity contribution is 5.61. The summed E-state index contributed by atoms with van der Waals surface area (Å²) < 4.78 is 0. The van der Waals surface area contributed by atoms with Gasteiger partial charge in [-0.15, -0.1) is 0 Å². The summed E-state index contributed by atoms with van der Waals surface area (Å²) in [7, 11) is 0. The third-order valence-corrected chi connectivity index (χ3v) is 3.63. The SMILES string of the molecule is CCN(CC1CCNCC1)c1ccncc1[N+](=O)[O-]. The van der Waals surface area contributed by atoms with E-state index in [0.29, 0.717) is 11.6 Å². The predicted molar refractivity (Wildman–Crippen MR) is 74.4 cm³/mol. The molecule has 6 nitrogen and oxygen atoms in total. The van der Waals surface area contributed by atoms with Gasteiger partial charge < -0.3 is 10.2 Å². The Morgan fingerprint density at radius 3 is 2.89 bits per heavy atom. The van der Waals surface area contributed by atoms with Crippen LogP contribution in [0, 0.1) is 16.0 Å². The molecule has 1 aromatic rings. The minimum Gasteiger partial charge on any atom is -0.366 e. The number of rotatable bonds is 5. The molecular weight excluding hydrogens is 244 g/mol. The van der Waals surface area contributed by atoms with Crippen LogP contribution in [-0.4, -0.2) is 36.1 Å². The van der Waals surface area contributed by atoms with E-state index in [0.717, 1.165) is 39.0 Å². The summed E-state index contributed by atoms with van der Waals surface area (Å²) in [6, 6.07) is 1.74. The fourth-order valence-electron chi connectivity index (χ4n) is 2.56. The number of nitrogens with zero attached hydrogens (tertiary/aromatic N) is 3. The number of pyridine rings is 1. The van der Waals surface area contributed by atoms with Crippen LogP contribution in [0.5, 0.6) is 0 Å². The van der Waals surface area contributed by atoms with Crippen molar-refractivity contribution in [3.63, 3.8) is 0 Å². The Hall–Kier alpha value is -1.69. The predicted octanol–water partition coefficient (Wildman–Crippen LogP) is 1.82. The lowest BCUT2D eigenvalue weighted by Gasteiger charge is -2.30. The van der Waals surface area contributed by atoms with Crippen molar-refractivity contribution in [3.05, 3.63) is 28.6 Å². The molecule has 1 saturated heterocycles. The normalized spacial score (nSPS) is 16.3. The van der Waals surface area contributed by atoms with E-state index in [1.54, 1.807) is 12.3 Å². The monoisotopic (exact) mass is 264 g/mol. The van der Waals surface area contributed by atoms with Crippen molar-refractivity contribution in [2.24, 2.45) is 5.92 Å². The number of nitro groups is 1. The summed E-state index contributed by atoms with van der Waals surface area (Å²) in [6.07, 6.45) is 5.22. The van der Waals surface area contributed by atoms with Crippen LogP contribution in [0.15, 0.2) is 18.5 Å². The van der Waals surface area contributed by atoms with E-state index < -0.39 is 0 Å². The zero-order valence-corrected chi connectivity index (χ0v) is 11.2. The van der Waals surface area contributed by atoms with Crippen LogP contribution in [0.1, 0.15) is 19.8 Å². The van der Waals surface area contributed by atoms with Gasteiger partial charge in [-0.1, -0.05) is 0 Å². The number of hydrogen-bond donors (Lipinski definition) is 1. The van der Waals surface area contributed by atoms with Crippen molar-refractivity contribution < 1.29 is 4.92 Å². The molecule has 0 spiro atoms. The van der Waals surface area contributed by atoms with Crippen LogP contribution >= 0.6 is 0 Å². The van der Waals surface area contributed by atoms with Gasteiger partial charge in [0.05, 0.1) is 4.92 Å². The van der Waals surface area contributed by atoms with Crippen molar-refractivity contribution in [1.82, 2.24) is 10.3 Å². The second-order valence-corrected chi connectivity index (χ2v) is 4.85. The number of anilines is 1. The Morgan fingerprint density at radius 2 is 2.26 bits per heavy atom. The van der Waals surface area contributed by atoms with E-state index in [2.05, 4.69) is 15.2 Å². The highest BCUT2D eigenvalue weighted by atomic mass is 16.6. The first kappa shape index (κ1) is 13.7. The standard InChI is InChI=1S/C13H20N4O2/c1-2-16(10-11-3-6-14-7-4-11)12-5-8-15-9-13(12)17(18)19/h5,8-9,11,14H,2-4,6-7,10H2,1H3. The number of nitrogens with one attached hydrogen (secondary N) is 1. The van der Waals surface area contributed by atoms with Gasteiger partial charge in [-0.3, -0.25) is 15.1 Å². The van der Waals surface area contributed by atoms with Gasteiger partial charge in [0.15, 0.2) is 0 Å². The molecule has 0 unspecified atom stereocenters. The number of hydrogen-bond acceptors (Lipinski definition) is 5. The molecule has 1 fully saturated rings. The lowest BCUT2D eigenvalue weighted by Crippen LogP contribution is -2.36. The van der Waals surface area contributed by atoms with Gasteiger partial charge in [-0.25, -0.2) is 0 Å². The summed E-state index contributed by atoms with van der Waals surface area (Å²) >= 11 is 0. The molecule has 0 radical (unpaired) electrons. The zero-order chi connectivity index (χ0) is 13.7. The summed E-state index contributed by atoms with van der Waals surface area (Å²) in [6.45, 7) is 5.77. The van der Waals surface area contributed by atoms with E-state index in [1.165, 1.54) is 6.20 Å². The van der Waals surface area contributed by atoms with Crippen LogP contribution in [-0.2, 0) is 0 Å². The molecule has 1 aliphatic rings. The smallest absolute Gasteiger partial charge is 0.310 e. The van der Waals surface area contributed by atoms with E-state index in [-0.39, 0.29) is 10.6 Å². The van der Waals surface area contributed by atoms with Gasteiger partial charge in [-0.05, 0) is 44.8 Å². The second-order valence-electron chi connectivity index (χ2n) is 4.85. The maximum absolute atomic E-state index is 11.1. The fourth-order valence-corrected chi connectivity index (χ4v) is 2.56. The molecule has 0 bridgehead atoms. The topological polar surface area (TPSA) is 71.3 Å². The largest absolute Gasteiger partial charge is 0.366 e. The van der Waals surface area contributed by atoms with Gasteiger partial charge in [-0.2, -0.15) is 0 Å². The van der Waals surface area contributed by atoms with Crippen LogP contribution in [0.25, 0.3) is 0 Å². The maximum Gasteiger partial charge on any atom is 0.310 e. The summed E-state index contributed by atoms with van der Waals surface area (Å²) in [5, 5.41) is 14.4. The van der Waals surface area contributed by atoms with Crippen molar-refractivity contribution in [1.29, 1.82) is 0 Å². The molecule has 1 aromatic heterocycles. The van der Waals surface area contributed by atoms with Crippen molar-refractivity contribution in [3.8, 4) is 0 Å². The molecule has 104 valence electrons. The molecule has 0 saturated carbocycles. The lowest BCUT2D eigenvalue weighted by atomic mass is 9.97. The Morgan fingerprint density at radius 1 is 1.53 bits per heavy atom. The molecule has 2 heterocycles. The van der Waals surface area contributed by atoms with Crippen LogP contribution in [0.2, 0.25) is 0 Å². The lowest BCUT2D eigenvalue weighted by molar-refractivity contribution is -0.384. The third-order valence-electron chi connectivity index (χ3n) is 3.63. The molecular formula is C13H20N4O2. The molecule has 1 aliphatic heterocycles. The van der Waals surface area contributed by atoms with Gasteiger partial charge in [0.2, 0.25) is 0 Å². The van der Waals surface area contributed by atoms with Crippen LogP contribution in [0.4, 0.5) is 11.4 Å². The summed E-state index contributed by atoms with van der Waals surface area (Å²) in [4.78, 5) is 16.7. The van der Waals surface area contributed by atoms with E-state index in [1.807, 2.05) is 6.92 Å². The van der Waals surface area contributed by atoms with Crippen molar-refractivity contribution >= 4 is 11.4 Å². The first-order valence-corrected chi connectivity index (χ1v) is 6.76. The molecule has 0 amide bonds. The quantitative estimate of drug-likeness (QED) is 0.648. The Bertz CT molecular complexity index is 432. The molecule has 0 aromatic carbocycles. The first-order valence-electron chi connectivity index (χ1n) is 6.76. The molecule has 19 heavy (non-hydrogen) atoms. The van der Waals surface area contributed by atoms with E-state index in [4.69, 9.17) is 0 Å². The second kappa shape index (κ2) is 6.47. The summed E-state index contributed by atoms with van der Waals surface area (Å²) in [5.74, 6) is 0.606. The number of piperidine rings is 1. The average molecular weight is 264 g/mol. The zero-order valence-electron chi connectivity index (χ0n) is 11.2. The number of aromatic nitrogens is 1. The molecule has 1 N–H and O–H groups in total. The molecule has 0 aliphatic carbocycles. The van der Waals surface area contributed by atoms with Crippen molar-refractivity contribution in [2.75, 3.05) is 31.1 Å². The fraction of sp³-hybridized carbons (Fsp3) is 0.615. The average Bonchev–Trinajstić information content (AvgIpc) is 2.46. The third kappa shape index (κ3) is 3.41. The Labute approximate surface area is 113 Å². The molecule has 6 heteroatoms. The minimum atomic E-state index is -0.354. The van der Waals surface area contributed by atoms with Crippen LogP contribution in [0.3, 0.4) is 0 Å². The van der Waals surface area contributed by atoms with Gasteiger partial charge in [0.1, 0.15) is 11.9 Å². The van der Waals surface area contributed by atoms with Gasteiger partial charge in [0, 0.05) is 19.3 Å². The van der Waals surface area contributed by atoms with E-state index in [9.17, 15) is 10.1 Å². The molecule has 2 rings (SSSR count). The Balaban J connectivity index is 2.14. The highest BCUT2D eigenvalue weighted by Crippen LogP contribution is 2.28. The minimum absolute atomic E-state index is 0.0956. The van der Waals surface area contributed by atoms with Crippen LogP contribution < -0.4 is 10.2 Å². The van der Waals surface area contributed by atoms with Gasteiger partial charge >= 0.3 is 5.69 Å². The summed E-state index contributed by atoms with van der Waals surface area (Å²) in [5.41, 5.74) is 0.777. The van der Waals surface area contributed by atoms with E-state index >= 15 is 0 Å². The van der Waals surface area contributed by atoms with Gasteiger partial charge in [0.25, 0.3) is 0 Å². The Kier molecular flexibility index (Phi) is 4.68. The van der Waals surface area contributed by atoms with Crippen molar-refractivity contribution in [2.45, 2.75) is 19.8 Å². The maximum atomic E-state index is 11.1.